The summed E-state index contributed by atoms with van der Waals surface area (Å²) in [4.78, 5) is 0. The summed E-state index contributed by atoms with van der Waals surface area (Å²) in [5.41, 5.74) is -0.0181. The van der Waals surface area contributed by atoms with Crippen LogP contribution in [0.5, 0.6) is 5.75 Å². The van der Waals surface area contributed by atoms with Crippen molar-refractivity contribution in [1.82, 2.24) is 4.72 Å². The third kappa shape index (κ3) is 5.67. The van der Waals surface area contributed by atoms with E-state index in [0.29, 0.717) is 12.2 Å². The van der Waals surface area contributed by atoms with Gasteiger partial charge in [-0.3, -0.25) is 4.72 Å². The third-order valence-corrected chi connectivity index (χ3v) is 5.31. The molecule has 170 valence electrons. The Bertz CT molecular complexity index is 991. The smallest absolute Gasteiger partial charge is 0.193 e. The SMILES string of the molecule is COc1cc(F)c(F)c(Nc2ccc(C)cc2F)c1NS(=O)NCC1COC(C)(C)O1. The van der Waals surface area contributed by atoms with E-state index in [0.717, 1.165) is 6.07 Å². The lowest BCUT2D eigenvalue weighted by molar-refractivity contribution is -0.137. The summed E-state index contributed by atoms with van der Waals surface area (Å²) in [6.45, 7) is 5.70. The van der Waals surface area contributed by atoms with Crippen LogP contribution in [0.4, 0.5) is 30.2 Å². The first-order valence-corrected chi connectivity index (χ1v) is 10.6. The zero-order chi connectivity index (χ0) is 22.8. The standard InChI is InChI=1S/C20H24F3N3O4S/c1-11-5-6-15(13(21)7-11)25-19-17(23)14(22)8-16(28-4)18(19)26-31(27)24-9-12-10-29-20(2,3)30-12/h5-8,12,24-26H,9-10H2,1-4H3. The number of anilines is 3. The van der Waals surface area contributed by atoms with Crippen molar-refractivity contribution < 1.29 is 31.6 Å². The number of nitrogens with one attached hydrogen (secondary N) is 3. The van der Waals surface area contributed by atoms with E-state index in [4.69, 9.17) is 14.2 Å². The molecular weight excluding hydrogens is 435 g/mol. The second-order valence-electron chi connectivity index (χ2n) is 7.40. The molecule has 2 aromatic carbocycles. The van der Waals surface area contributed by atoms with Gasteiger partial charge in [-0.2, -0.15) is 0 Å². The van der Waals surface area contributed by atoms with E-state index in [1.165, 1.54) is 19.2 Å². The fourth-order valence-corrected chi connectivity index (χ4v) is 3.80. The Morgan fingerprint density at radius 1 is 1.19 bits per heavy atom. The van der Waals surface area contributed by atoms with Crippen molar-refractivity contribution in [2.24, 2.45) is 0 Å². The van der Waals surface area contributed by atoms with Crippen molar-refractivity contribution in [2.45, 2.75) is 32.7 Å². The molecule has 2 unspecified atom stereocenters. The quantitative estimate of drug-likeness (QED) is 0.558. The normalized spacial score (nSPS) is 18.6. The van der Waals surface area contributed by atoms with E-state index >= 15 is 0 Å². The highest BCUT2D eigenvalue weighted by atomic mass is 32.2. The number of hydrogen-bond acceptors (Lipinski definition) is 5. The Hall–Kier alpha value is -2.34. The lowest BCUT2D eigenvalue weighted by Crippen LogP contribution is -2.34. The zero-order valence-corrected chi connectivity index (χ0v) is 18.3. The van der Waals surface area contributed by atoms with E-state index in [-0.39, 0.29) is 29.8 Å². The van der Waals surface area contributed by atoms with Crippen LogP contribution in [0.1, 0.15) is 19.4 Å². The van der Waals surface area contributed by atoms with Gasteiger partial charge in [-0.15, -0.1) is 0 Å². The van der Waals surface area contributed by atoms with Crippen molar-refractivity contribution >= 4 is 28.2 Å². The minimum absolute atomic E-state index is 0.0855. The highest BCUT2D eigenvalue weighted by molar-refractivity contribution is 7.84. The van der Waals surface area contributed by atoms with Crippen LogP contribution in [0.2, 0.25) is 0 Å². The predicted molar refractivity (Wildman–Crippen MR) is 112 cm³/mol. The maximum absolute atomic E-state index is 14.6. The molecule has 1 saturated heterocycles. The topological polar surface area (TPSA) is 80.9 Å². The van der Waals surface area contributed by atoms with Gasteiger partial charge in [-0.1, -0.05) is 6.07 Å². The first-order valence-electron chi connectivity index (χ1n) is 9.42. The molecule has 0 aliphatic carbocycles. The van der Waals surface area contributed by atoms with Gasteiger partial charge in [0.1, 0.15) is 22.9 Å². The van der Waals surface area contributed by atoms with Crippen LogP contribution in [0, 0.1) is 24.4 Å². The predicted octanol–water partition coefficient (Wildman–Crippen LogP) is 3.90. The molecule has 1 aliphatic rings. The van der Waals surface area contributed by atoms with Gasteiger partial charge in [-0.05, 0) is 38.5 Å². The number of aryl methyl sites for hydroxylation is 1. The number of halogens is 3. The first kappa shape index (κ1) is 23.3. The molecule has 0 radical (unpaired) electrons. The van der Waals surface area contributed by atoms with E-state index in [2.05, 4.69) is 14.8 Å². The maximum atomic E-state index is 14.6. The largest absolute Gasteiger partial charge is 0.494 e. The molecule has 0 saturated carbocycles. The van der Waals surface area contributed by atoms with Gasteiger partial charge >= 0.3 is 0 Å². The molecule has 1 fully saturated rings. The molecule has 3 rings (SSSR count). The molecule has 0 spiro atoms. The summed E-state index contributed by atoms with van der Waals surface area (Å²) >= 11 is -1.93. The van der Waals surface area contributed by atoms with Crippen molar-refractivity contribution in [3.63, 3.8) is 0 Å². The maximum Gasteiger partial charge on any atom is 0.193 e. The highest BCUT2D eigenvalue weighted by Gasteiger charge is 2.32. The lowest BCUT2D eigenvalue weighted by Gasteiger charge is -2.19. The zero-order valence-electron chi connectivity index (χ0n) is 17.5. The monoisotopic (exact) mass is 459 g/mol. The molecule has 7 nitrogen and oxygen atoms in total. The van der Waals surface area contributed by atoms with E-state index < -0.39 is 40.1 Å². The molecule has 0 bridgehead atoms. The Balaban J connectivity index is 1.82. The molecule has 2 atom stereocenters. The van der Waals surface area contributed by atoms with E-state index in [9.17, 15) is 17.4 Å². The average Bonchev–Trinajstić information content (AvgIpc) is 3.06. The number of hydrogen-bond donors (Lipinski definition) is 3. The van der Waals surface area contributed by atoms with Gasteiger partial charge in [0.2, 0.25) is 0 Å². The molecule has 0 amide bonds. The third-order valence-electron chi connectivity index (χ3n) is 4.49. The van der Waals surface area contributed by atoms with Crippen LogP contribution in [0.25, 0.3) is 0 Å². The van der Waals surface area contributed by atoms with Gasteiger partial charge in [0.25, 0.3) is 0 Å². The fourth-order valence-electron chi connectivity index (χ4n) is 3.00. The lowest BCUT2D eigenvalue weighted by atomic mass is 10.2. The van der Waals surface area contributed by atoms with Crippen molar-refractivity contribution in [2.75, 3.05) is 30.3 Å². The van der Waals surface area contributed by atoms with Gasteiger partial charge in [0.05, 0.1) is 25.5 Å². The van der Waals surface area contributed by atoms with Crippen LogP contribution in [-0.4, -0.2) is 36.4 Å². The summed E-state index contributed by atoms with van der Waals surface area (Å²) in [7, 11) is 1.25. The van der Waals surface area contributed by atoms with Crippen LogP contribution >= 0.6 is 0 Å². The van der Waals surface area contributed by atoms with Crippen molar-refractivity contribution in [3.05, 3.63) is 47.3 Å². The van der Waals surface area contributed by atoms with Gasteiger partial charge in [-0.25, -0.2) is 22.1 Å². The Morgan fingerprint density at radius 3 is 2.55 bits per heavy atom. The number of methoxy groups -OCH3 is 1. The van der Waals surface area contributed by atoms with Crippen LogP contribution in [0.15, 0.2) is 24.3 Å². The van der Waals surface area contributed by atoms with Gasteiger partial charge < -0.3 is 19.5 Å². The number of ether oxygens (including phenoxy) is 3. The molecule has 1 heterocycles. The van der Waals surface area contributed by atoms with Crippen LogP contribution in [0.3, 0.4) is 0 Å². The first-order chi connectivity index (χ1) is 14.6. The summed E-state index contributed by atoms with van der Waals surface area (Å²) in [5, 5.41) is 2.53. The Morgan fingerprint density at radius 2 is 1.94 bits per heavy atom. The summed E-state index contributed by atoms with van der Waals surface area (Å²) in [5.74, 6) is -4.01. The molecular formula is C20H24F3N3O4S. The highest BCUT2D eigenvalue weighted by Crippen LogP contribution is 2.39. The van der Waals surface area contributed by atoms with E-state index in [1.54, 1.807) is 26.8 Å². The van der Waals surface area contributed by atoms with Crippen molar-refractivity contribution in [1.29, 1.82) is 0 Å². The van der Waals surface area contributed by atoms with Crippen LogP contribution < -0.4 is 19.5 Å². The van der Waals surface area contributed by atoms with Gasteiger partial charge in [0.15, 0.2) is 28.6 Å². The van der Waals surface area contributed by atoms with Crippen molar-refractivity contribution in [3.8, 4) is 5.75 Å². The minimum Gasteiger partial charge on any atom is -0.494 e. The number of rotatable bonds is 8. The summed E-state index contributed by atoms with van der Waals surface area (Å²) < 4.78 is 76.9. The Kier molecular flexibility index (Phi) is 7.10. The van der Waals surface area contributed by atoms with E-state index in [1.807, 2.05) is 0 Å². The fraction of sp³-hybridized carbons (Fsp3) is 0.400. The average molecular weight is 459 g/mol. The summed E-state index contributed by atoms with van der Waals surface area (Å²) in [6, 6.07) is 5.05. The van der Waals surface area contributed by atoms with Gasteiger partial charge in [0, 0.05) is 12.6 Å². The molecule has 1 aliphatic heterocycles. The molecule has 2 aromatic rings. The molecule has 3 N–H and O–H groups in total. The summed E-state index contributed by atoms with van der Waals surface area (Å²) in [6.07, 6.45) is -0.341. The molecule has 0 aromatic heterocycles. The second kappa shape index (κ2) is 9.43. The number of benzene rings is 2. The minimum atomic E-state index is -1.93. The molecule has 11 heteroatoms. The van der Waals surface area contributed by atoms with Crippen LogP contribution in [-0.2, 0) is 20.6 Å². The Labute approximate surface area is 181 Å². The molecule has 31 heavy (non-hydrogen) atoms. The second-order valence-corrected chi connectivity index (χ2v) is 8.43.